The van der Waals surface area contributed by atoms with Crippen molar-refractivity contribution < 1.29 is 9.59 Å². The van der Waals surface area contributed by atoms with Crippen molar-refractivity contribution in [1.82, 2.24) is 9.80 Å². The van der Waals surface area contributed by atoms with E-state index in [1.165, 1.54) is 10.5 Å². The third kappa shape index (κ3) is 3.94. The standard InChI is InChI=1S/C21H21Cl2N3O2/c22-16-6-7-18(17(23)12-16)26-20(27)13-19(21(26)28)25-10-8-24(9-11-25)14-15-4-2-1-3-5-15/h1-7,12,19H,8-11,13-14H2/t19-/m1/s1. The first-order chi connectivity index (χ1) is 13.5. The van der Waals surface area contributed by atoms with Crippen LogP contribution in [-0.2, 0) is 16.1 Å². The van der Waals surface area contributed by atoms with Gasteiger partial charge < -0.3 is 0 Å². The summed E-state index contributed by atoms with van der Waals surface area (Å²) in [6.07, 6.45) is 0.191. The van der Waals surface area contributed by atoms with Crippen LogP contribution < -0.4 is 4.90 Å². The Labute approximate surface area is 174 Å². The molecule has 0 radical (unpaired) electrons. The van der Waals surface area contributed by atoms with Gasteiger partial charge in [-0.15, -0.1) is 0 Å². The lowest BCUT2D eigenvalue weighted by atomic mass is 10.1. The predicted octanol–water partition coefficient (Wildman–Crippen LogP) is 3.44. The Morgan fingerprint density at radius 3 is 2.32 bits per heavy atom. The van der Waals surface area contributed by atoms with Crippen LogP contribution in [-0.4, -0.2) is 53.8 Å². The van der Waals surface area contributed by atoms with Gasteiger partial charge in [0.1, 0.15) is 0 Å². The molecule has 2 aromatic carbocycles. The highest BCUT2D eigenvalue weighted by atomic mass is 35.5. The minimum Gasteiger partial charge on any atom is -0.297 e. The molecule has 7 heteroatoms. The van der Waals surface area contributed by atoms with Crippen molar-refractivity contribution in [2.45, 2.75) is 19.0 Å². The fourth-order valence-electron chi connectivity index (χ4n) is 3.89. The maximum absolute atomic E-state index is 13.0. The zero-order valence-corrected chi connectivity index (χ0v) is 16.9. The lowest BCUT2D eigenvalue weighted by Gasteiger charge is -2.37. The molecule has 146 valence electrons. The van der Waals surface area contributed by atoms with E-state index >= 15 is 0 Å². The van der Waals surface area contributed by atoms with Crippen LogP contribution in [0.15, 0.2) is 48.5 Å². The van der Waals surface area contributed by atoms with Gasteiger partial charge in [-0.25, -0.2) is 4.90 Å². The van der Waals surface area contributed by atoms with Gasteiger partial charge in [0.2, 0.25) is 5.91 Å². The van der Waals surface area contributed by atoms with Gasteiger partial charge in [0.05, 0.1) is 23.2 Å². The molecule has 0 aliphatic carbocycles. The van der Waals surface area contributed by atoms with E-state index in [1.54, 1.807) is 18.2 Å². The lowest BCUT2D eigenvalue weighted by Crippen LogP contribution is -2.52. The largest absolute Gasteiger partial charge is 0.297 e. The average Bonchev–Trinajstić information content (AvgIpc) is 2.98. The minimum absolute atomic E-state index is 0.191. The van der Waals surface area contributed by atoms with Crippen LogP contribution in [0.1, 0.15) is 12.0 Å². The lowest BCUT2D eigenvalue weighted by molar-refractivity contribution is -0.123. The second kappa shape index (κ2) is 8.21. The van der Waals surface area contributed by atoms with Gasteiger partial charge in [-0.3, -0.25) is 19.4 Å². The number of piperazine rings is 1. The van der Waals surface area contributed by atoms with Gasteiger partial charge in [-0.1, -0.05) is 53.5 Å². The minimum atomic E-state index is -0.418. The Kier molecular flexibility index (Phi) is 5.69. The predicted molar refractivity (Wildman–Crippen MR) is 111 cm³/mol. The van der Waals surface area contributed by atoms with E-state index in [4.69, 9.17) is 23.2 Å². The maximum Gasteiger partial charge on any atom is 0.251 e. The SMILES string of the molecule is O=C1C[C@@H](N2CCN(Cc3ccccc3)CC2)C(=O)N1c1ccc(Cl)cc1Cl. The van der Waals surface area contributed by atoms with Crippen molar-refractivity contribution in [2.75, 3.05) is 31.1 Å². The number of imide groups is 1. The van der Waals surface area contributed by atoms with E-state index in [0.717, 1.165) is 32.7 Å². The summed E-state index contributed by atoms with van der Waals surface area (Å²) in [7, 11) is 0. The third-order valence-electron chi connectivity index (χ3n) is 5.37. The Morgan fingerprint density at radius 1 is 0.929 bits per heavy atom. The van der Waals surface area contributed by atoms with Crippen LogP contribution in [0.5, 0.6) is 0 Å². The average molecular weight is 418 g/mol. The second-order valence-electron chi connectivity index (χ2n) is 7.18. The number of nitrogens with zero attached hydrogens (tertiary/aromatic N) is 3. The highest BCUT2D eigenvalue weighted by Gasteiger charge is 2.43. The summed E-state index contributed by atoms with van der Waals surface area (Å²) in [5, 5.41) is 0.779. The molecule has 2 heterocycles. The van der Waals surface area contributed by atoms with Crippen molar-refractivity contribution in [3.63, 3.8) is 0 Å². The van der Waals surface area contributed by atoms with Crippen molar-refractivity contribution in [2.24, 2.45) is 0 Å². The van der Waals surface area contributed by atoms with Crippen LogP contribution >= 0.6 is 23.2 Å². The number of carbonyl (C=O) groups excluding carboxylic acids is 2. The van der Waals surface area contributed by atoms with Crippen molar-refractivity contribution in [1.29, 1.82) is 0 Å². The van der Waals surface area contributed by atoms with Crippen LogP contribution in [0.3, 0.4) is 0 Å². The molecule has 2 aliphatic rings. The first-order valence-corrected chi connectivity index (χ1v) is 10.1. The molecule has 2 aromatic rings. The molecule has 5 nitrogen and oxygen atoms in total. The Hall–Kier alpha value is -1.92. The second-order valence-corrected chi connectivity index (χ2v) is 8.02. The van der Waals surface area contributed by atoms with Gasteiger partial charge in [-0.2, -0.15) is 0 Å². The smallest absolute Gasteiger partial charge is 0.251 e. The Morgan fingerprint density at radius 2 is 1.64 bits per heavy atom. The summed E-state index contributed by atoms with van der Waals surface area (Å²) < 4.78 is 0. The molecule has 0 bridgehead atoms. The summed E-state index contributed by atoms with van der Waals surface area (Å²) in [6, 6.07) is 14.8. The highest BCUT2D eigenvalue weighted by molar-refractivity contribution is 6.38. The topological polar surface area (TPSA) is 43.9 Å². The first-order valence-electron chi connectivity index (χ1n) is 9.35. The number of amides is 2. The normalized spacial score (nSPS) is 21.5. The van der Waals surface area contributed by atoms with E-state index in [-0.39, 0.29) is 18.2 Å². The molecule has 4 rings (SSSR count). The van der Waals surface area contributed by atoms with Crippen molar-refractivity contribution in [3.05, 3.63) is 64.1 Å². The zero-order valence-electron chi connectivity index (χ0n) is 15.4. The number of rotatable bonds is 4. The number of carbonyl (C=O) groups is 2. The Balaban J connectivity index is 1.41. The number of halogens is 2. The van der Waals surface area contributed by atoms with Crippen molar-refractivity contribution >= 4 is 40.7 Å². The van der Waals surface area contributed by atoms with E-state index < -0.39 is 6.04 Å². The van der Waals surface area contributed by atoms with Gasteiger partial charge in [0.25, 0.3) is 5.91 Å². The van der Waals surface area contributed by atoms with E-state index in [2.05, 4.69) is 21.9 Å². The molecule has 0 unspecified atom stereocenters. The summed E-state index contributed by atoms with van der Waals surface area (Å²) in [4.78, 5) is 31.2. The van der Waals surface area contributed by atoms with Crippen LogP contribution in [0.25, 0.3) is 0 Å². The Bertz CT molecular complexity index is 882. The van der Waals surface area contributed by atoms with E-state index in [0.29, 0.717) is 15.7 Å². The maximum atomic E-state index is 13.0. The monoisotopic (exact) mass is 417 g/mol. The molecule has 0 saturated carbocycles. The molecule has 0 aromatic heterocycles. The van der Waals surface area contributed by atoms with E-state index in [1.807, 2.05) is 18.2 Å². The molecule has 28 heavy (non-hydrogen) atoms. The molecule has 0 spiro atoms. The highest BCUT2D eigenvalue weighted by Crippen LogP contribution is 2.33. The number of hydrogen-bond acceptors (Lipinski definition) is 4. The molecule has 0 N–H and O–H groups in total. The fraction of sp³-hybridized carbons (Fsp3) is 0.333. The van der Waals surface area contributed by atoms with Crippen molar-refractivity contribution in [3.8, 4) is 0 Å². The molecular weight excluding hydrogens is 397 g/mol. The quantitative estimate of drug-likeness (QED) is 0.714. The van der Waals surface area contributed by atoms with Crippen LogP contribution in [0.4, 0.5) is 5.69 Å². The summed E-state index contributed by atoms with van der Waals surface area (Å²) >= 11 is 12.2. The number of anilines is 1. The van der Waals surface area contributed by atoms with Crippen LogP contribution in [0, 0.1) is 0 Å². The third-order valence-corrected chi connectivity index (χ3v) is 5.91. The fourth-order valence-corrected chi connectivity index (χ4v) is 4.38. The van der Waals surface area contributed by atoms with Gasteiger partial charge in [0, 0.05) is 37.7 Å². The molecule has 1 atom stereocenters. The summed E-state index contributed by atoms with van der Waals surface area (Å²) in [5.74, 6) is -0.420. The first kappa shape index (κ1) is 19.4. The van der Waals surface area contributed by atoms with E-state index in [9.17, 15) is 9.59 Å². The molecule has 2 aliphatic heterocycles. The molecule has 2 fully saturated rings. The summed E-state index contributed by atoms with van der Waals surface area (Å²) in [6.45, 7) is 4.17. The molecule has 2 amide bonds. The molecular formula is C21H21Cl2N3O2. The number of hydrogen-bond donors (Lipinski definition) is 0. The van der Waals surface area contributed by atoms with Crippen LogP contribution in [0.2, 0.25) is 10.0 Å². The van der Waals surface area contributed by atoms with Gasteiger partial charge >= 0.3 is 0 Å². The molecule has 2 saturated heterocycles. The number of benzene rings is 2. The van der Waals surface area contributed by atoms with Gasteiger partial charge in [0.15, 0.2) is 0 Å². The zero-order chi connectivity index (χ0) is 19.7. The van der Waals surface area contributed by atoms with Gasteiger partial charge in [-0.05, 0) is 23.8 Å². The summed E-state index contributed by atoms with van der Waals surface area (Å²) in [5.41, 5.74) is 1.69.